The molecule has 2 N–H and O–H groups in total. The van der Waals surface area contributed by atoms with Gasteiger partial charge >= 0.3 is 0 Å². The molecular formula is C19H39Cl2N3O2. The number of morpholine rings is 1. The van der Waals surface area contributed by atoms with E-state index in [1.165, 1.54) is 25.7 Å². The Morgan fingerprint density at radius 2 is 1.77 bits per heavy atom. The number of nitrogens with one attached hydrogen (secondary N) is 2. The summed E-state index contributed by atoms with van der Waals surface area (Å²) in [5.74, 6) is 1.61. The molecule has 2 fully saturated rings. The van der Waals surface area contributed by atoms with Gasteiger partial charge in [-0.3, -0.25) is 9.69 Å². The van der Waals surface area contributed by atoms with E-state index in [2.05, 4.69) is 29.4 Å². The van der Waals surface area contributed by atoms with Crippen molar-refractivity contribution in [3.63, 3.8) is 0 Å². The SMILES string of the molecule is CCC(CC)C(CNC(=O)CCC1CCNCC1)N1CCOCC1.Cl.Cl. The molecule has 2 aliphatic rings. The van der Waals surface area contributed by atoms with Gasteiger partial charge in [-0.1, -0.05) is 26.7 Å². The maximum atomic E-state index is 12.3. The second-order valence-electron chi connectivity index (χ2n) is 7.33. The van der Waals surface area contributed by atoms with E-state index >= 15 is 0 Å². The molecule has 156 valence electrons. The van der Waals surface area contributed by atoms with E-state index in [0.717, 1.165) is 58.3 Å². The van der Waals surface area contributed by atoms with Gasteiger partial charge in [-0.25, -0.2) is 0 Å². The van der Waals surface area contributed by atoms with Crippen LogP contribution in [0.5, 0.6) is 0 Å². The van der Waals surface area contributed by atoms with Crippen LogP contribution < -0.4 is 10.6 Å². The summed E-state index contributed by atoms with van der Waals surface area (Å²) in [6, 6.07) is 0.451. The maximum absolute atomic E-state index is 12.3. The summed E-state index contributed by atoms with van der Waals surface area (Å²) in [5.41, 5.74) is 0. The number of rotatable bonds is 9. The molecule has 2 saturated heterocycles. The van der Waals surface area contributed by atoms with Crippen molar-refractivity contribution < 1.29 is 9.53 Å². The van der Waals surface area contributed by atoms with Gasteiger partial charge in [0.15, 0.2) is 0 Å². The Labute approximate surface area is 172 Å². The van der Waals surface area contributed by atoms with Crippen LogP contribution in [-0.4, -0.2) is 62.8 Å². The minimum atomic E-state index is 0. The van der Waals surface area contributed by atoms with E-state index in [0.29, 0.717) is 18.4 Å². The first-order valence-corrected chi connectivity index (χ1v) is 10.0. The highest BCUT2D eigenvalue weighted by Crippen LogP contribution is 2.20. The Morgan fingerprint density at radius 3 is 2.35 bits per heavy atom. The Bertz CT molecular complexity index is 359. The molecule has 0 aromatic heterocycles. The molecule has 0 bridgehead atoms. The fraction of sp³-hybridized carbons (Fsp3) is 0.947. The standard InChI is InChI=1S/C19H37N3O2.2ClH/c1-3-17(4-2)18(22-11-13-24-14-12-22)15-21-19(23)6-5-16-7-9-20-10-8-16;;/h16-18,20H,3-15H2,1-2H3,(H,21,23);2*1H. The monoisotopic (exact) mass is 411 g/mol. The van der Waals surface area contributed by atoms with Crippen molar-refractivity contribution in [2.45, 2.75) is 58.4 Å². The van der Waals surface area contributed by atoms with Crippen molar-refractivity contribution in [1.82, 2.24) is 15.5 Å². The summed E-state index contributed by atoms with van der Waals surface area (Å²) in [6.45, 7) is 11.2. The van der Waals surface area contributed by atoms with Gasteiger partial charge in [0.05, 0.1) is 13.2 Å². The van der Waals surface area contributed by atoms with E-state index < -0.39 is 0 Å². The summed E-state index contributed by atoms with van der Waals surface area (Å²) < 4.78 is 5.49. The number of carbonyl (C=O) groups excluding carboxylic acids is 1. The fourth-order valence-corrected chi connectivity index (χ4v) is 4.15. The average molecular weight is 412 g/mol. The Kier molecular flexibility index (Phi) is 14.9. The van der Waals surface area contributed by atoms with E-state index in [9.17, 15) is 4.79 Å². The second-order valence-corrected chi connectivity index (χ2v) is 7.33. The van der Waals surface area contributed by atoms with Gasteiger partial charge in [0, 0.05) is 32.1 Å². The Hall–Kier alpha value is -0.0700. The van der Waals surface area contributed by atoms with Crippen molar-refractivity contribution in [2.75, 3.05) is 45.9 Å². The number of piperidine rings is 1. The summed E-state index contributed by atoms with van der Waals surface area (Å²) >= 11 is 0. The molecule has 7 heteroatoms. The number of ether oxygens (including phenoxy) is 1. The van der Waals surface area contributed by atoms with Crippen LogP contribution >= 0.6 is 24.8 Å². The largest absolute Gasteiger partial charge is 0.379 e. The molecule has 2 rings (SSSR count). The molecule has 0 aromatic rings. The predicted octanol–water partition coefficient (Wildman–Crippen LogP) is 2.86. The zero-order chi connectivity index (χ0) is 17.2. The Balaban J connectivity index is 0.00000312. The summed E-state index contributed by atoms with van der Waals surface area (Å²) in [6.07, 6.45) is 6.51. The summed E-state index contributed by atoms with van der Waals surface area (Å²) in [7, 11) is 0. The number of hydrogen-bond acceptors (Lipinski definition) is 4. The molecule has 1 unspecified atom stereocenters. The molecule has 2 aliphatic heterocycles. The fourth-order valence-electron chi connectivity index (χ4n) is 4.15. The van der Waals surface area contributed by atoms with Gasteiger partial charge in [-0.05, 0) is 44.2 Å². The van der Waals surface area contributed by atoms with E-state index in [1.54, 1.807) is 0 Å². The lowest BCUT2D eigenvalue weighted by atomic mass is 9.91. The van der Waals surface area contributed by atoms with Crippen molar-refractivity contribution in [3.8, 4) is 0 Å². The lowest BCUT2D eigenvalue weighted by Crippen LogP contribution is -2.52. The quantitative estimate of drug-likeness (QED) is 0.612. The number of hydrogen-bond donors (Lipinski definition) is 2. The van der Waals surface area contributed by atoms with Crippen LogP contribution in [0.4, 0.5) is 0 Å². The number of halogens is 2. The molecule has 1 amide bonds. The first kappa shape index (κ1) is 25.9. The normalized spacial score (nSPS) is 20.1. The molecule has 5 nitrogen and oxygen atoms in total. The van der Waals surface area contributed by atoms with E-state index in [-0.39, 0.29) is 30.7 Å². The first-order chi connectivity index (χ1) is 11.7. The third-order valence-electron chi connectivity index (χ3n) is 5.85. The maximum Gasteiger partial charge on any atom is 0.220 e. The van der Waals surface area contributed by atoms with Crippen LogP contribution in [0, 0.1) is 11.8 Å². The zero-order valence-corrected chi connectivity index (χ0v) is 18.1. The average Bonchev–Trinajstić information content (AvgIpc) is 2.65. The van der Waals surface area contributed by atoms with Gasteiger partial charge in [-0.2, -0.15) is 0 Å². The predicted molar refractivity (Wildman–Crippen MR) is 113 cm³/mol. The minimum Gasteiger partial charge on any atom is -0.379 e. The first-order valence-electron chi connectivity index (χ1n) is 10.0. The molecule has 26 heavy (non-hydrogen) atoms. The molecule has 0 spiro atoms. The summed E-state index contributed by atoms with van der Waals surface area (Å²) in [5, 5.41) is 6.62. The van der Waals surface area contributed by atoms with Crippen LogP contribution in [0.15, 0.2) is 0 Å². The Morgan fingerprint density at radius 1 is 1.15 bits per heavy atom. The second kappa shape index (κ2) is 14.9. The number of carbonyl (C=O) groups is 1. The topological polar surface area (TPSA) is 53.6 Å². The highest BCUT2D eigenvalue weighted by molar-refractivity contribution is 5.85. The lowest BCUT2D eigenvalue weighted by molar-refractivity contribution is -0.122. The summed E-state index contributed by atoms with van der Waals surface area (Å²) in [4.78, 5) is 14.8. The van der Waals surface area contributed by atoms with E-state index in [1.807, 2.05) is 0 Å². The van der Waals surface area contributed by atoms with Crippen molar-refractivity contribution >= 4 is 30.7 Å². The van der Waals surface area contributed by atoms with E-state index in [4.69, 9.17) is 4.74 Å². The highest BCUT2D eigenvalue weighted by atomic mass is 35.5. The molecule has 2 heterocycles. The van der Waals surface area contributed by atoms with Crippen molar-refractivity contribution in [1.29, 1.82) is 0 Å². The minimum absolute atomic E-state index is 0. The van der Waals surface area contributed by atoms with Crippen LogP contribution in [0.25, 0.3) is 0 Å². The van der Waals surface area contributed by atoms with Crippen molar-refractivity contribution in [2.24, 2.45) is 11.8 Å². The molecule has 0 aliphatic carbocycles. The van der Waals surface area contributed by atoms with Crippen LogP contribution in [0.2, 0.25) is 0 Å². The molecule has 0 aromatic carbocycles. The smallest absolute Gasteiger partial charge is 0.220 e. The van der Waals surface area contributed by atoms with Gasteiger partial charge in [-0.15, -0.1) is 24.8 Å². The third-order valence-corrected chi connectivity index (χ3v) is 5.85. The van der Waals surface area contributed by atoms with Crippen LogP contribution in [0.3, 0.4) is 0 Å². The molecule has 0 radical (unpaired) electrons. The van der Waals surface area contributed by atoms with Gasteiger partial charge in [0.2, 0.25) is 5.91 Å². The van der Waals surface area contributed by atoms with Crippen LogP contribution in [-0.2, 0) is 9.53 Å². The highest BCUT2D eigenvalue weighted by Gasteiger charge is 2.27. The van der Waals surface area contributed by atoms with Gasteiger partial charge in [0.1, 0.15) is 0 Å². The number of nitrogens with zero attached hydrogens (tertiary/aromatic N) is 1. The van der Waals surface area contributed by atoms with Gasteiger partial charge < -0.3 is 15.4 Å². The number of amides is 1. The van der Waals surface area contributed by atoms with Crippen LogP contribution in [0.1, 0.15) is 52.4 Å². The molecular weight excluding hydrogens is 373 g/mol. The molecule has 0 saturated carbocycles. The van der Waals surface area contributed by atoms with Gasteiger partial charge in [0.25, 0.3) is 0 Å². The third kappa shape index (κ3) is 8.75. The lowest BCUT2D eigenvalue weighted by Gasteiger charge is -2.38. The zero-order valence-electron chi connectivity index (χ0n) is 16.5. The van der Waals surface area contributed by atoms with Crippen molar-refractivity contribution in [3.05, 3.63) is 0 Å². The molecule has 1 atom stereocenters.